The van der Waals surface area contributed by atoms with Gasteiger partial charge in [0.25, 0.3) is 0 Å². The molecule has 1 heterocycles. The van der Waals surface area contributed by atoms with Gasteiger partial charge in [-0.15, -0.1) is 0 Å². The number of hydrogen-bond acceptors (Lipinski definition) is 4. The summed E-state index contributed by atoms with van der Waals surface area (Å²) in [6.07, 6.45) is 1.08. The molecule has 0 N–H and O–H groups in total. The van der Waals surface area contributed by atoms with E-state index in [1.807, 2.05) is 13.0 Å². The molecule has 1 fully saturated rings. The second-order valence-electron chi connectivity index (χ2n) is 6.59. The van der Waals surface area contributed by atoms with Gasteiger partial charge in [-0.2, -0.15) is 4.31 Å². The van der Waals surface area contributed by atoms with Crippen molar-refractivity contribution in [1.29, 1.82) is 0 Å². The summed E-state index contributed by atoms with van der Waals surface area (Å²) in [7, 11) is -1.92. The number of hydrogen-bond donors (Lipinski definition) is 0. The lowest BCUT2D eigenvalue weighted by Gasteiger charge is -2.30. The van der Waals surface area contributed by atoms with Gasteiger partial charge in [0, 0.05) is 24.6 Å². The molecule has 26 heavy (non-hydrogen) atoms. The third kappa shape index (κ3) is 3.81. The van der Waals surface area contributed by atoms with Crippen molar-refractivity contribution in [2.45, 2.75) is 24.7 Å². The molecule has 0 unspecified atom stereocenters. The zero-order chi connectivity index (χ0) is 18.7. The van der Waals surface area contributed by atoms with Crippen molar-refractivity contribution in [1.82, 2.24) is 4.31 Å². The van der Waals surface area contributed by atoms with Crippen molar-refractivity contribution < 1.29 is 17.9 Å². The Morgan fingerprint density at radius 1 is 1.08 bits per heavy atom. The minimum atomic E-state index is -3.50. The van der Waals surface area contributed by atoms with Gasteiger partial charge in [0.05, 0.1) is 12.0 Å². The minimum Gasteiger partial charge on any atom is -0.497 e. The Kier molecular flexibility index (Phi) is 5.44. The third-order valence-electron chi connectivity index (χ3n) is 4.83. The van der Waals surface area contributed by atoms with E-state index >= 15 is 0 Å². The highest BCUT2D eigenvalue weighted by Crippen LogP contribution is 2.27. The second kappa shape index (κ2) is 7.60. The smallest absolute Gasteiger partial charge is 0.243 e. The second-order valence-corrected chi connectivity index (χ2v) is 8.53. The van der Waals surface area contributed by atoms with Crippen molar-refractivity contribution in [3.8, 4) is 5.75 Å². The van der Waals surface area contributed by atoms with Crippen molar-refractivity contribution in [3.63, 3.8) is 0 Å². The van der Waals surface area contributed by atoms with Gasteiger partial charge < -0.3 is 4.74 Å². The van der Waals surface area contributed by atoms with E-state index < -0.39 is 10.0 Å². The largest absolute Gasteiger partial charge is 0.497 e. The predicted octanol–water partition coefficient (Wildman–Crippen LogP) is 3.29. The number of ether oxygens (including phenoxy) is 1. The van der Waals surface area contributed by atoms with Crippen LogP contribution >= 0.6 is 0 Å². The fourth-order valence-corrected chi connectivity index (χ4v) is 4.85. The van der Waals surface area contributed by atoms with Gasteiger partial charge in [-0.3, -0.25) is 4.79 Å². The fourth-order valence-electron chi connectivity index (χ4n) is 3.27. The molecular formula is C20H23NO4S. The number of methoxy groups -OCH3 is 1. The van der Waals surface area contributed by atoms with Crippen molar-refractivity contribution in [2.75, 3.05) is 20.2 Å². The molecule has 0 aromatic heterocycles. The van der Waals surface area contributed by atoms with Gasteiger partial charge in [0.2, 0.25) is 10.0 Å². The van der Waals surface area contributed by atoms with Gasteiger partial charge in [-0.05, 0) is 61.7 Å². The standard InChI is InChI=1S/C20H23NO4S/c1-15-4-3-5-19(14-15)26(23,24)21-12-10-17(11-13-21)20(22)16-6-8-18(25-2)9-7-16/h3-9,14,17H,10-13H2,1-2H3. The first-order valence-corrected chi connectivity index (χ1v) is 10.1. The SMILES string of the molecule is COc1ccc(C(=O)C2CCN(S(=O)(=O)c3cccc(C)c3)CC2)cc1. The van der Waals surface area contributed by atoms with E-state index in [0.29, 0.717) is 42.1 Å². The van der Waals surface area contributed by atoms with Crippen LogP contribution in [0.4, 0.5) is 0 Å². The molecule has 5 nitrogen and oxygen atoms in total. The third-order valence-corrected chi connectivity index (χ3v) is 6.72. The Balaban J connectivity index is 1.67. The highest BCUT2D eigenvalue weighted by Gasteiger charge is 2.32. The van der Waals surface area contributed by atoms with Crippen LogP contribution in [-0.4, -0.2) is 38.7 Å². The minimum absolute atomic E-state index is 0.0697. The molecule has 0 amide bonds. The molecule has 0 spiro atoms. The number of benzene rings is 2. The summed E-state index contributed by atoms with van der Waals surface area (Å²) in [4.78, 5) is 13.0. The molecule has 1 aliphatic heterocycles. The maximum Gasteiger partial charge on any atom is 0.243 e. The molecule has 1 aliphatic rings. The molecule has 2 aromatic rings. The summed E-state index contributed by atoms with van der Waals surface area (Å²) >= 11 is 0. The molecule has 3 rings (SSSR count). The van der Waals surface area contributed by atoms with Crippen LogP contribution in [0.3, 0.4) is 0 Å². The zero-order valence-corrected chi connectivity index (χ0v) is 15.8. The van der Waals surface area contributed by atoms with E-state index in [2.05, 4.69) is 0 Å². The predicted molar refractivity (Wildman–Crippen MR) is 100.0 cm³/mol. The average molecular weight is 373 g/mol. The molecule has 138 valence electrons. The molecule has 0 bridgehead atoms. The van der Waals surface area contributed by atoms with Crippen LogP contribution in [0.15, 0.2) is 53.4 Å². The number of piperidine rings is 1. The Morgan fingerprint density at radius 2 is 1.73 bits per heavy atom. The zero-order valence-electron chi connectivity index (χ0n) is 15.0. The maximum absolute atomic E-state index is 12.8. The molecule has 6 heteroatoms. The Labute approximate surface area is 154 Å². The summed E-state index contributed by atoms with van der Waals surface area (Å²) < 4.78 is 32.2. The van der Waals surface area contributed by atoms with E-state index in [1.54, 1.807) is 49.6 Å². The van der Waals surface area contributed by atoms with Crippen LogP contribution in [0.1, 0.15) is 28.8 Å². The first-order valence-electron chi connectivity index (χ1n) is 8.67. The number of carbonyl (C=O) groups excluding carboxylic acids is 1. The van der Waals surface area contributed by atoms with Crippen LogP contribution in [0, 0.1) is 12.8 Å². The Bertz CT molecular complexity index is 882. The molecule has 2 aromatic carbocycles. The van der Waals surface area contributed by atoms with Crippen molar-refractivity contribution in [3.05, 3.63) is 59.7 Å². The van der Waals surface area contributed by atoms with Crippen molar-refractivity contribution in [2.24, 2.45) is 5.92 Å². The lowest BCUT2D eigenvalue weighted by Crippen LogP contribution is -2.40. The van der Waals surface area contributed by atoms with Gasteiger partial charge in [0.15, 0.2) is 5.78 Å². The fraction of sp³-hybridized carbons (Fsp3) is 0.350. The summed E-state index contributed by atoms with van der Waals surface area (Å²) in [6.45, 7) is 2.60. The molecule has 0 atom stereocenters. The molecule has 1 saturated heterocycles. The van der Waals surface area contributed by atoms with E-state index in [9.17, 15) is 13.2 Å². The van der Waals surface area contributed by atoms with E-state index in [-0.39, 0.29) is 11.7 Å². The quantitative estimate of drug-likeness (QED) is 0.755. The lowest BCUT2D eigenvalue weighted by atomic mass is 9.89. The molecule has 0 saturated carbocycles. The molecule has 0 radical (unpaired) electrons. The van der Waals surface area contributed by atoms with Crippen LogP contribution in [0.25, 0.3) is 0 Å². The highest BCUT2D eigenvalue weighted by molar-refractivity contribution is 7.89. The Morgan fingerprint density at radius 3 is 2.31 bits per heavy atom. The van der Waals surface area contributed by atoms with Crippen LogP contribution < -0.4 is 4.74 Å². The summed E-state index contributed by atoms with van der Waals surface area (Å²) in [5.41, 5.74) is 1.56. The summed E-state index contributed by atoms with van der Waals surface area (Å²) in [6, 6.07) is 14.0. The number of nitrogens with zero attached hydrogens (tertiary/aromatic N) is 1. The van der Waals surface area contributed by atoms with Gasteiger partial charge >= 0.3 is 0 Å². The number of rotatable bonds is 5. The number of aryl methyl sites for hydroxylation is 1. The number of sulfonamides is 1. The summed E-state index contributed by atoms with van der Waals surface area (Å²) in [5.74, 6) is 0.633. The average Bonchev–Trinajstić information content (AvgIpc) is 2.67. The number of Topliss-reactive ketones (excluding diaryl/α,β-unsaturated/α-hetero) is 1. The molecule has 0 aliphatic carbocycles. The topological polar surface area (TPSA) is 63.7 Å². The normalized spacial score (nSPS) is 16.4. The summed E-state index contributed by atoms with van der Waals surface area (Å²) in [5, 5.41) is 0. The first-order chi connectivity index (χ1) is 12.4. The Hall–Kier alpha value is -2.18. The van der Waals surface area contributed by atoms with Crippen molar-refractivity contribution >= 4 is 15.8 Å². The van der Waals surface area contributed by atoms with Crippen LogP contribution in [0.5, 0.6) is 5.75 Å². The molecular weight excluding hydrogens is 350 g/mol. The van der Waals surface area contributed by atoms with E-state index in [4.69, 9.17) is 4.74 Å². The first kappa shape index (κ1) is 18.6. The van der Waals surface area contributed by atoms with Gasteiger partial charge in [0.1, 0.15) is 5.75 Å². The maximum atomic E-state index is 12.8. The number of carbonyl (C=O) groups is 1. The highest BCUT2D eigenvalue weighted by atomic mass is 32.2. The van der Waals surface area contributed by atoms with Crippen LogP contribution in [-0.2, 0) is 10.0 Å². The van der Waals surface area contributed by atoms with Crippen LogP contribution in [0.2, 0.25) is 0 Å². The van der Waals surface area contributed by atoms with Gasteiger partial charge in [-0.1, -0.05) is 12.1 Å². The van der Waals surface area contributed by atoms with E-state index in [0.717, 1.165) is 5.56 Å². The lowest BCUT2D eigenvalue weighted by molar-refractivity contribution is 0.0875. The monoisotopic (exact) mass is 373 g/mol. The van der Waals surface area contributed by atoms with E-state index in [1.165, 1.54) is 4.31 Å². The van der Waals surface area contributed by atoms with Gasteiger partial charge in [-0.25, -0.2) is 8.42 Å². The number of ketones is 1.